The predicted molar refractivity (Wildman–Crippen MR) is 96.9 cm³/mol. The molecule has 25 heavy (non-hydrogen) atoms. The van der Waals surface area contributed by atoms with E-state index in [4.69, 9.17) is 0 Å². The van der Waals surface area contributed by atoms with Gasteiger partial charge in [0.25, 0.3) is 0 Å². The normalized spacial score (nSPS) is 16.8. The van der Waals surface area contributed by atoms with Crippen LogP contribution in [0.2, 0.25) is 0 Å². The Morgan fingerprint density at radius 2 is 2.28 bits per heavy atom. The molecular weight excluding hydrogens is 336 g/mol. The number of carbonyl (C=O) groups excluding carboxylic acids is 2. The molecule has 1 aliphatic heterocycles. The number of nitrogens with one attached hydrogen (secondary N) is 1. The van der Waals surface area contributed by atoms with Gasteiger partial charge in [0.1, 0.15) is 6.04 Å². The van der Waals surface area contributed by atoms with Crippen molar-refractivity contribution in [2.24, 2.45) is 5.92 Å². The highest BCUT2D eigenvalue weighted by molar-refractivity contribution is 7.09. The molecule has 1 N–H and O–H groups in total. The first kappa shape index (κ1) is 17.7. The Morgan fingerprint density at radius 1 is 1.44 bits per heavy atom. The van der Waals surface area contributed by atoms with E-state index in [1.165, 1.54) is 0 Å². The summed E-state index contributed by atoms with van der Waals surface area (Å²) in [6.07, 6.45) is 4.81. The highest BCUT2D eigenvalue weighted by Crippen LogP contribution is 2.22. The summed E-state index contributed by atoms with van der Waals surface area (Å²) in [5.74, 6) is 0.523. The average molecular weight is 360 g/mol. The molecule has 0 unspecified atom stereocenters. The van der Waals surface area contributed by atoms with Crippen LogP contribution in [0.4, 0.5) is 0 Å². The van der Waals surface area contributed by atoms with Crippen molar-refractivity contribution in [3.63, 3.8) is 0 Å². The molecule has 2 aromatic rings. The van der Waals surface area contributed by atoms with Gasteiger partial charge in [-0.25, -0.2) is 4.98 Å². The van der Waals surface area contributed by atoms with Gasteiger partial charge in [0.15, 0.2) is 0 Å². The van der Waals surface area contributed by atoms with E-state index < -0.39 is 6.04 Å². The average Bonchev–Trinajstić information content (AvgIpc) is 3.27. The summed E-state index contributed by atoms with van der Waals surface area (Å²) in [6.45, 7) is 5.65. The van der Waals surface area contributed by atoms with Gasteiger partial charge in [0, 0.05) is 17.5 Å². The molecular formula is C18H24N4O2S. The molecule has 134 valence electrons. The maximum absolute atomic E-state index is 12.7. The number of carbonyl (C=O) groups is 2. The third-order valence-electron chi connectivity index (χ3n) is 4.44. The van der Waals surface area contributed by atoms with Crippen molar-refractivity contribution in [2.75, 3.05) is 6.54 Å². The van der Waals surface area contributed by atoms with Crippen molar-refractivity contribution >= 4 is 23.2 Å². The van der Waals surface area contributed by atoms with Gasteiger partial charge < -0.3 is 14.8 Å². The molecule has 0 radical (unpaired) electrons. The number of fused-ring (bicyclic) bond motifs is 1. The monoisotopic (exact) mass is 360 g/mol. The van der Waals surface area contributed by atoms with Gasteiger partial charge >= 0.3 is 0 Å². The molecule has 0 fully saturated rings. The fourth-order valence-electron chi connectivity index (χ4n) is 2.97. The second-order valence-electron chi connectivity index (χ2n) is 6.81. The van der Waals surface area contributed by atoms with E-state index in [1.54, 1.807) is 28.8 Å². The third-order valence-corrected chi connectivity index (χ3v) is 5.31. The van der Waals surface area contributed by atoms with E-state index in [0.717, 1.165) is 17.0 Å². The summed E-state index contributed by atoms with van der Waals surface area (Å²) in [5.41, 5.74) is 0.903. The van der Waals surface area contributed by atoms with E-state index in [1.807, 2.05) is 22.1 Å². The van der Waals surface area contributed by atoms with Crippen LogP contribution < -0.4 is 5.32 Å². The quantitative estimate of drug-likeness (QED) is 0.861. The molecule has 0 saturated carbocycles. The maximum atomic E-state index is 12.7. The number of hydrogen-bond donors (Lipinski definition) is 1. The molecule has 0 bridgehead atoms. The lowest BCUT2D eigenvalue weighted by Gasteiger charge is -2.34. The molecule has 0 aliphatic carbocycles. The van der Waals surface area contributed by atoms with Crippen LogP contribution in [0.3, 0.4) is 0 Å². The summed E-state index contributed by atoms with van der Waals surface area (Å²) in [7, 11) is 0. The lowest BCUT2D eigenvalue weighted by molar-refractivity contribution is -0.135. The van der Waals surface area contributed by atoms with Gasteiger partial charge in [-0.1, -0.05) is 19.9 Å². The van der Waals surface area contributed by atoms with Crippen LogP contribution in [0.25, 0.3) is 0 Å². The minimum absolute atomic E-state index is 0.0750. The predicted octanol–water partition coefficient (Wildman–Crippen LogP) is 2.58. The molecule has 0 saturated heterocycles. The number of aromatic nitrogens is 2. The third kappa shape index (κ3) is 4.28. The van der Waals surface area contributed by atoms with Gasteiger partial charge in [-0.05, 0) is 23.8 Å². The van der Waals surface area contributed by atoms with Crippen molar-refractivity contribution in [3.8, 4) is 0 Å². The van der Waals surface area contributed by atoms with Crippen LogP contribution in [0.1, 0.15) is 43.3 Å². The van der Waals surface area contributed by atoms with Crippen molar-refractivity contribution in [2.45, 2.75) is 45.8 Å². The first-order valence-corrected chi connectivity index (χ1v) is 9.51. The fraction of sp³-hybridized carbons (Fsp3) is 0.500. The van der Waals surface area contributed by atoms with Crippen LogP contribution >= 0.6 is 11.3 Å². The molecule has 2 amide bonds. The largest absolute Gasteiger partial charge is 0.349 e. The Bertz CT molecular complexity index is 723. The number of imidazole rings is 1. The smallest absolute Gasteiger partial charge is 0.245 e. The number of amides is 2. The molecule has 7 heteroatoms. The highest BCUT2D eigenvalue weighted by atomic mass is 32.1. The standard InChI is InChI=1S/C18H24N4O2S/c1-13(2)5-6-17(23)21-10-14-8-19-12-22(14)16(11-21)18(24)20-9-15-4-3-7-25-15/h3-4,7-8,12-13,16H,5-6,9-11H2,1-2H3,(H,20,24)/t16-/m0/s1. The summed E-state index contributed by atoms with van der Waals surface area (Å²) in [6, 6.07) is 3.54. The number of thiophene rings is 1. The van der Waals surface area contributed by atoms with Crippen molar-refractivity contribution < 1.29 is 9.59 Å². The minimum Gasteiger partial charge on any atom is -0.349 e. The maximum Gasteiger partial charge on any atom is 0.245 e. The summed E-state index contributed by atoms with van der Waals surface area (Å²) < 4.78 is 1.88. The van der Waals surface area contributed by atoms with Gasteiger partial charge in [-0.15, -0.1) is 11.3 Å². The number of nitrogens with zero attached hydrogens (tertiary/aromatic N) is 3. The van der Waals surface area contributed by atoms with E-state index in [9.17, 15) is 9.59 Å². The lowest BCUT2D eigenvalue weighted by atomic mass is 10.1. The van der Waals surface area contributed by atoms with Crippen LogP contribution in [0.5, 0.6) is 0 Å². The zero-order chi connectivity index (χ0) is 17.8. The molecule has 2 aromatic heterocycles. The van der Waals surface area contributed by atoms with E-state index >= 15 is 0 Å². The van der Waals surface area contributed by atoms with Crippen LogP contribution in [-0.2, 0) is 22.7 Å². The Labute approximate surface area is 151 Å². The molecule has 6 nitrogen and oxygen atoms in total. The SMILES string of the molecule is CC(C)CCC(=O)N1Cc2cncn2[C@H](C(=O)NCc2cccs2)C1. The zero-order valence-corrected chi connectivity index (χ0v) is 15.5. The summed E-state index contributed by atoms with van der Waals surface area (Å²) in [4.78, 5) is 32.3. The highest BCUT2D eigenvalue weighted by Gasteiger charge is 2.32. The van der Waals surface area contributed by atoms with E-state index in [2.05, 4.69) is 24.1 Å². The van der Waals surface area contributed by atoms with Crippen LogP contribution in [0, 0.1) is 5.92 Å². The van der Waals surface area contributed by atoms with Gasteiger partial charge in [0.2, 0.25) is 11.8 Å². The minimum atomic E-state index is -0.422. The molecule has 0 aromatic carbocycles. The molecule has 0 spiro atoms. The van der Waals surface area contributed by atoms with E-state index in [-0.39, 0.29) is 11.8 Å². The molecule has 1 atom stereocenters. The van der Waals surface area contributed by atoms with Gasteiger partial charge in [0.05, 0.1) is 31.7 Å². The van der Waals surface area contributed by atoms with Crippen molar-refractivity contribution in [1.29, 1.82) is 0 Å². The Kier molecular flexibility index (Phi) is 5.53. The lowest BCUT2D eigenvalue weighted by Crippen LogP contribution is -2.46. The topological polar surface area (TPSA) is 67.2 Å². The van der Waals surface area contributed by atoms with Crippen LogP contribution in [0.15, 0.2) is 30.0 Å². The number of hydrogen-bond acceptors (Lipinski definition) is 4. The van der Waals surface area contributed by atoms with Crippen LogP contribution in [-0.4, -0.2) is 32.8 Å². The second-order valence-corrected chi connectivity index (χ2v) is 7.84. The Balaban J connectivity index is 1.67. The first-order chi connectivity index (χ1) is 12.0. The number of rotatable bonds is 6. The van der Waals surface area contributed by atoms with E-state index in [0.29, 0.717) is 32.0 Å². The molecule has 1 aliphatic rings. The second kappa shape index (κ2) is 7.82. The van der Waals surface area contributed by atoms with Crippen molar-refractivity contribution in [1.82, 2.24) is 19.8 Å². The van der Waals surface area contributed by atoms with Crippen molar-refractivity contribution in [3.05, 3.63) is 40.6 Å². The summed E-state index contributed by atoms with van der Waals surface area (Å²) >= 11 is 1.62. The molecule has 3 rings (SSSR count). The zero-order valence-electron chi connectivity index (χ0n) is 14.6. The summed E-state index contributed by atoms with van der Waals surface area (Å²) in [5, 5.41) is 4.97. The Hall–Kier alpha value is -2.15. The molecule has 3 heterocycles. The Morgan fingerprint density at radius 3 is 3.00 bits per heavy atom. The van der Waals surface area contributed by atoms with Gasteiger partial charge in [-0.3, -0.25) is 9.59 Å². The fourth-order valence-corrected chi connectivity index (χ4v) is 3.61. The first-order valence-electron chi connectivity index (χ1n) is 8.63. The van der Waals surface area contributed by atoms with Gasteiger partial charge in [-0.2, -0.15) is 0 Å².